The van der Waals surface area contributed by atoms with E-state index in [9.17, 15) is 14.9 Å². The number of halogens is 1. The Balaban J connectivity index is 1.94. The van der Waals surface area contributed by atoms with Crippen LogP contribution in [0.1, 0.15) is 5.01 Å². The van der Waals surface area contributed by atoms with Crippen molar-refractivity contribution in [2.45, 2.75) is 11.3 Å². The number of aryl methyl sites for hydroxylation is 1. The summed E-state index contributed by atoms with van der Waals surface area (Å²) in [6.45, 7) is 1.84. The molecule has 21 heavy (non-hydrogen) atoms. The maximum absolute atomic E-state index is 11.8. The molecule has 0 bridgehead atoms. The Morgan fingerprint density at radius 2 is 2.29 bits per heavy atom. The molecule has 0 fully saturated rings. The van der Waals surface area contributed by atoms with E-state index in [4.69, 9.17) is 0 Å². The molecule has 0 unspecified atom stereocenters. The zero-order valence-corrected chi connectivity index (χ0v) is 13.9. The molecule has 110 valence electrons. The van der Waals surface area contributed by atoms with E-state index in [1.54, 1.807) is 0 Å². The third-order valence-corrected chi connectivity index (χ3v) is 4.90. The summed E-state index contributed by atoms with van der Waals surface area (Å²) in [5.74, 6) is -0.0275. The molecule has 0 spiro atoms. The van der Waals surface area contributed by atoms with E-state index in [0.717, 1.165) is 9.35 Å². The van der Waals surface area contributed by atoms with Gasteiger partial charge in [0.1, 0.15) is 5.01 Å². The van der Waals surface area contributed by atoms with Crippen LogP contribution in [0, 0.1) is 17.0 Å². The monoisotopic (exact) mass is 388 g/mol. The largest absolute Gasteiger partial charge is 0.324 e. The quantitative estimate of drug-likeness (QED) is 0.479. The van der Waals surface area contributed by atoms with Gasteiger partial charge in [-0.25, -0.2) is 0 Å². The predicted octanol–water partition coefficient (Wildman–Crippen LogP) is 3.25. The molecule has 1 aromatic heterocycles. The van der Waals surface area contributed by atoms with Crippen LogP contribution in [-0.4, -0.2) is 26.8 Å². The number of hydrogen-bond acceptors (Lipinski definition) is 7. The van der Waals surface area contributed by atoms with Gasteiger partial charge in [-0.3, -0.25) is 14.9 Å². The number of non-ortho nitro benzene ring substituents is 1. The van der Waals surface area contributed by atoms with Crippen LogP contribution in [0.5, 0.6) is 0 Å². The Morgan fingerprint density at radius 3 is 2.86 bits per heavy atom. The molecule has 0 radical (unpaired) electrons. The second-order valence-corrected chi connectivity index (χ2v) is 7.10. The van der Waals surface area contributed by atoms with Crippen molar-refractivity contribution in [2.24, 2.45) is 0 Å². The van der Waals surface area contributed by atoms with Gasteiger partial charge in [0, 0.05) is 16.6 Å². The van der Waals surface area contributed by atoms with Crippen molar-refractivity contribution in [3.05, 3.63) is 37.8 Å². The van der Waals surface area contributed by atoms with Crippen molar-refractivity contribution in [1.29, 1.82) is 0 Å². The third kappa shape index (κ3) is 4.48. The average Bonchev–Trinajstić information content (AvgIpc) is 2.84. The van der Waals surface area contributed by atoms with Gasteiger partial charge in [0.2, 0.25) is 5.91 Å². The SMILES string of the molecule is Cc1nnc(SCC(=O)Nc2ccc([N+](=O)[O-])cc2Br)s1. The summed E-state index contributed by atoms with van der Waals surface area (Å²) in [6, 6.07) is 4.17. The van der Waals surface area contributed by atoms with Crippen molar-refractivity contribution in [1.82, 2.24) is 10.2 Å². The highest BCUT2D eigenvalue weighted by Crippen LogP contribution is 2.28. The van der Waals surface area contributed by atoms with Gasteiger partial charge in [0.15, 0.2) is 4.34 Å². The van der Waals surface area contributed by atoms with E-state index >= 15 is 0 Å². The van der Waals surface area contributed by atoms with Gasteiger partial charge in [-0.05, 0) is 28.9 Å². The summed E-state index contributed by atoms with van der Waals surface area (Å²) in [7, 11) is 0. The van der Waals surface area contributed by atoms with E-state index in [-0.39, 0.29) is 17.3 Å². The Kier molecular flexibility index (Phi) is 5.26. The number of nitrogens with zero attached hydrogens (tertiary/aromatic N) is 3. The van der Waals surface area contributed by atoms with Crippen molar-refractivity contribution in [3.63, 3.8) is 0 Å². The molecule has 2 aromatic rings. The maximum atomic E-state index is 11.8. The lowest BCUT2D eigenvalue weighted by Crippen LogP contribution is -2.14. The Bertz CT molecular complexity index is 692. The fraction of sp³-hybridized carbons (Fsp3) is 0.182. The first-order chi connectivity index (χ1) is 9.95. The molecule has 10 heteroatoms. The van der Waals surface area contributed by atoms with E-state index in [2.05, 4.69) is 31.4 Å². The number of carbonyl (C=O) groups excluding carboxylic acids is 1. The van der Waals surface area contributed by atoms with Crippen molar-refractivity contribution < 1.29 is 9.72 Å². The number of amides is 1. The minimum Gasteiger partial charge on any atom is -0.324 e. The lowest BCUT2D eigenvalue weighted by atomic mass is 10.3. The molecule has 1 amide bonds. The zero-order valence-electron chi connectivity index (χ0n) is 10.7. The van der Waals surface area contributed by atoms with Gasteiger partial charge in [-0.15, -0.1) is 10.2 Å². The second-order valence-electron chi connectivity index (χ2n) is 3.85. The van der Waals surface area contributed by atoms with Gasteiger partial charge in [-0.1, -0.05) is 23.1 Å². The molecule has 0 saturated carbocycles. The highest BCUT2D eigenvalue weighted by molar-refractivity contribution is 9.10. The number of aromatic nitrogens is 2. The molecule has 0 atom stereocenters. The van der Waals surface area contributed by atoms with Crippen LogP contribution in [0.3, 0.4) is 0 Å². The molecule has 7 nitrogen and oxygen atoms in total. The molecule has 0 aliphatic carbocycles. The lowest BCUT2D eigenvalue weighted by molar-refractivity contribution is -0.384. The summed E-state index contributed by atoms with van der Waals surface area (Å²) >= 11 is 5.91. The average molecular weight is 389 g/mol. The van der Waals surface area contributed by atoms with Crippen LogP contribution in [0.4, 0.5) is 11.4 Å². The minimum absolute atomic E-state index is 0.0430. The van der Waals surface area contributed by atoms with Crippen LogP contribution in [0.25, 0.3) is 0 Å². The molecule has 0 aliphatic heterocycles. The first-order valence-electron chi connectivity index (χ1n) is 5.62. The van der Waals surface area contributed by atoms with Crippen molar-refractivity contribution in [2.75, 3.05) is 11.1 Å². The smallest absolute Gasteiger partial charge is 0.270 e. The number of nitro groups is 1. The summed E-state index contributed by atoms with van der Waals surface area (Å²) in [4.78, 5) is 22.0. The number of rotatable bonds is 5. The second kappa shape index (κ2) is 6.96. The Labute approximate surface area is 136 Å². The van der Waals surface area contributed by atoms with Gasteiger partial charge in [0.05, 0.1) is 16.4 Å². The molecule has 2 rings (SSSR count). The lowest BCUT2D eigenvalue weighted by Gasteiger charge is -2.06. The molecule has 1 aromatic carbocycles. The summed E-state index contributed by atoms with van der Waals surface area (Å²) in [5, 5.41) is 21.9. The molecule has 0 aliphatic rings. The first kappa shape index (κ1) is 15.9. The van der Waals surface area contributed by atoms with Crippen LogP contribution < -0.4 is 5.32 Å². The van der Waals surface area contributed by atoms with Crippen molar-refractivity contribution in [3.8, 4) is 0 Å². The number of nitrogens with one attached hydrogen (secondary N) is 1. The highest BCUT2D eigenvalue weighted by Gasteiger charge is 2.12. The standard InChI is InChI=1S/C11H9BrN4O3S2/c1-6-14-15-11(21-6)20-5-10(17)13-9-3-2-7(16(18)19)4-8(9)12/h2-4H,5H2,1H3,(H,13,17). The number of anilines is 1. The van der Waals surface area contributed by atoms with E-state index in [1.807, 2.05) is 6.92 Å². The summed E-state index contributed by atoms with van der Waals surface area (Å²) < 4.78 is 1.19. The van der Waals surface area contributed by atoms with Gasteiger partial charge in [-0.2, -0.15) is 0 Å². The van der Waals surface area contributed by atoms with Crippen LogP contribution in [-0.2, 0) is 4.79 Å². The van der Waals surface area contributed by atoms with Gasteiger partial charge >= 0.3 is 0 Å². The Hall–Kier alpha value is -1.52. The predicted molar refractivity (Wildman–Crippen MR) is 84.8 cm³/mol. The van der Waals surface area contributed by atoms with Gasteiger partial charge in [0.25, 0.3) is 5.69 Å². The number of nitro benzene ring substituents is 1. The van der Waals surface area contributed by atoms with Crippen LogP contribution in [0.2, 0.25) is 0 Å². The number of thioether (sulfide) groups is 1. The first-order valence-corrected chi connectivity index (χ1v) is 8.22. The molecule has 1 N–H and O–H groups in total. The summed E-state index contributed by atoms with van der Waals surface area (Å²) in [6.07, 6.45) is 0. The van der Waals surface area contributed by atoms with Crippen LogP contribution in [0.15, 0.2) is 27.0 Å². The Morgan fingerprint density at radius 1 is 1.52 bits per heavy atom. The molecule has 0 saturated heterocycles. The van der Waals surface area contributed by atoms with E-state index in [1.165, 1.54) is 41.3 Å². The zero-order chi connectivity index (χ0) is 15.4. The maximum Gasteiger partial charge on any atom is 0.270 e. The molecule has 1 heterocycles. The fourth-order valence-electron chi connectivity index (χ4n) is 1.37. The number of hydrogen-bond donors (Lipinski definition) is 1. The highest BCUT2D eigenvalue weighted by atomic mass is 79.9. The fourth-order valence-corrected chi connectivity index (χ4v) is 3.45. The van der Waals surface area contributed by atoms with Crippen LogP contribution >= 0.6 is 39.0 Å². The van der Waals surface area contributed by atoms with Crippen molar-refractivity contribution >= 4 is 56.3 Å². The number of benzene rings is 1. The van der Waals surface area contributed by atoms with E-state index < -0.39 is 4.92 Å². The minimum atomic E-state index is -0.496. The van der Waals surface area contributed by atoms with E-state index in [0.29, 0.717) is 10.2 Å². The topological polar surface area (TPSA) is 98.0 Å². The molecular weight excluding hydrogens is 380 g/mol. The third-order valence-electron chi connectivity index (χ3n) is 2.27. The summed E-state index contributed by atoms with van der Waals surface area (Å²) in [5.41, 5.74) is 0.443. The number of carbonyl (C=O) groups is 1. The van der Waals surface area contributed by atoms with Gasteiger partial charge < -0.3 is 5.32 Å². The normalized spacial score (nSPS) is 10.4. The molecular formula is C11H9BrN4O3S2.